The molecule has 1 amide bonds. The average Bonchev–Trinajstić information content (AvgIpc) is 3.04. The van der Waals surface area contributed by atoms with Crippen LogP contribution >= 0.6 is 0 Å². The molecular formula is C41H77NO3. The number of nitrogens with one attached hydrogen (secondary N) is 1. The molecule has 4 heteroatoms. The van der Waals surface area contributed by atoms with Gasteiger partial charge in [0, 0.05) is 6.42 Å². The van der Waals surface area contributed by atoms with E-state index in [1.807, 2.05) is 6.08 Å². The molecule has 0 aliphatic heterocycles. The molecule has 0 heterocycles. The summed E-state index contributed by atoms with van der Waals surface area (Å²) in [5.41, 5.74) is 0. The van der Waals surface area contributed by atoms with Gasteiger partial charge in [0.1, 0.15) is 0 Å². The fourth-order valence-electron chi connectivity index (χ4n) is 5.80. The van der Waals surface area contributed by atoms with Crippen molar-refractivity contribution in [3.8, 4) is 0 Å². The summed E-state index contributed by atoms with van der Waals surface area (Å²) in [6.07, 6.45) is 48.1. The van der Waals surface area contributed by atoms with Gasteiger partial charge in [0.2, 0.25) is 5.91 Å². The number of allylic oxidation sites excluding steroid dienone is 5. The number of aliphatic hydroxyl groups is 2. The van der Waals surface area contributed by atoms with Crippen LogP contribution in [0.2, 0.25) is 0 Å². The van der Waals surface area contributed by atoms with Crippen molar-refractivity contribution >= 4 is 5.91 Å². The predicted octanol–water partition coefficient (Wildman–Crippen LogP) is 11.8. The summed E-state index contributed by atoms with van der Waals surface area (Å²) in [5.74, 6) is -0.0787. The monoisotopic (exact) mass is 632 g/mol. The van der Waals surface area contributed by atoms with E-state index < -0.39 is 12.1 Å². The Kier molecular flexibility index (Phi) is 35.9. The number of amides is 1. The first kappa shape index (κ1) is 43.6. The number of hydrogen-bond donors (Lipinski definition) is 3. The highest BCUT2D eigenvalue weighted by Crippen LogP contribution is 2.14. The lowest BCUT2D eigenvalue weighted by molar-refractivity contribution is -0.123. The maximum atomic E-state index is 12.3. The van der Waals surface area contributed by atoms with Crippen LogP contribution in [0.3, 0.4) is 0 Å². The highest BCUT2D eigenvalue weighted by atomic mass is 16.3. The summed E-state index contributed by atoms with van der Waals surface area (Å²) in [6, 6.07) is -0.640. The van der Waals surface area contributed by atoms with Crippen LogP contribution < -0.4 is 5.32 Å². The summed E-state index contributed by atoms with van der Waals surface area (Å²) < 4.78 is 0. The van der Waals surface area contributed by atoms with E-state index in [0.29, 0.717) is 6.42 Å². The summed E-state index contributed by atoms with van der Waals surface area (Å²) in [5, 5.41) is 22.9. The van der Waals surface area contributed by atoms with Crippen molar-refractivity contribution in [2.24, 2.45) is 0 Å². The predicted molar refractivity (Wildman–Crippen MR) is 198 cm³/mol. The molecule has 0 aliphatic rings. The van der Waals surface area contributed by atoms with Gasteiger partial charge >= 0.3 is 0 Å². The van der Waals surface area contributed by atoms with E-state index in [-0.39, 0.29) is 12.5 Å². The molecule has 264 valence electrons. The Morgan fingerprint density at radius 2 is 0.867 bits per heavy atom. The zero-order valence-electron chi connectivity index (χ0n) is 30.1. The van der Waals surface area contributed by atoms with Crippen LogP contribution in [0, 0.1) is 0 Å². The van der Waals surface area contributed by atoms with Gasteiger partial charge in [-0.3, -0.25) is 4.79 Å². The quantitative estimate of drug-likeness (QED) is 0.0481. The minimum atomic E-state index is -0.865. The normalized spacial score (nSPS) is 13.4. The van der Waals surface area contributed by atoms with Crippen LogP contribution in [0.4, 0.5) is 0 Å². The number of unbranched alkanes of at least 4 members (excludes halogenated alkanes) is 24. The van der Waals surface area contributed by atoms with Gasteiger partial charge in [-0.2, -0.15) is 0 Å². The van der Waals surface area contributed by atoms with Gasteiger partial charge in [0.15, 0.2) is 0 Å². The van der Waals surface area contributed by atoms with E-state index in [9.17, 15) is 15.0 Å². The van der Waals surface area contributed by atoms with Gasteiger partial charge < -0.3 is 15.5 Å². The Morgan fingerprint density at radius 3 is 1.29 bits per heavy atom. The Morgan fingerprint density at radius 1 is 0.511 bits per heavy atom. The Balaban J connectivity index is 3.67. The first-order valence-electron chi connectivity index (χ1n) is 19.7. The van der Waals surface area contributed by atoms with Crippen molar-refractivity contribution < 1.29 is 15.0 Å². The van der Waals surface area contributed by atoms with Crippen LogP contribution in [-0.4, -0.2) is 34.9 Å². The molecule has 4 nitrogen and oxygen atoms in total. The number of carbonyl (C=O) groups excluding carboxylic acids is 1. The van der Waals surface area contributed by atoms with Gasteiger partial charge in [0.25, 0.3) is 0 Å². The van der Waals surface area contributed by atoms with E-state index in [4.69, 9.17) is 0 Å². The first-order chi connectivity index (χ1) is 22.2. The van der Waals surface area contributed by atoms with Crippen molar-refractivity contribution in [3.05, 3.63) is 36.5 Å². The van der Waals surface area contributed by atoms with Gasteiger partial charge in [-0.1, -0.05) is 185 Å². The van der Waals surface area contributed by atoms with E-state index >= 15 is 0 Å². The van der Waals surface area contributed by atoms with E-state index in [0.717, 1.165) is 38.5 Å². The fraction of sp³-hybridized carbons (Fsp3) is 0.829. The molecule has 0 saturated carbocycles. The Bertz CT molecular complexity index is 686. The largest absolute Gasteiger partial charge is 0.394 e. The molecule has 0 fully saturated rings. The first-order valence-corrected chi connectivity index (χ1v) is 19.7. The summed E-state index contributed by atoms with van der Waals surface area (Å²) in [6.45, 7) is 4.28. The van der Waals surface area contributed by atoms with Crippen LogP contribution in [0.25, 0.3) is 0 Å². The maximum Gasteiger partial charge on any atom is 0.220 e. The number of carbonyl (C=O) groups is 1. The van der Waals surface area contributed by atoms with Crippen LogP contribution in [0.5, 0.6) is 0 Å². The van der Waals surface area contributed by atoms with Crippen molar-refractivity contribution in [1.82, 2.24) is 5.32 Å². The van der Waals surface area contributed by atoms with Crippen molar-refractivity contribution in [3.63, 3.8) is 0 Å². The van der Waals surface area contributed by atoms with Gasteiger partial charge in [-0.25, -0.2) is 0 Å². The third-order valence-corrected chi connectivity index (χ3v) is 8.85. The summed E-state index contributed by atoms with van der Waals surface area (Å²) in [4.78, 5) is 12.3. The zero-order valence-corrected chi connectivity index (χ0v) is 30.1. The van der Waals surface area contributed by atoms with Gasteiger partial charge in [-0.15, -0.1) is 0 Å². The molecule has 0 spiro atoms. The molecule has 0 rings (SSSR count). The second-order valence-electron chi connectivity index (χ2n) is 13.3. The fourth-order valence-corrected chi connectivity index (χ4v) is 5.80. The zero-order chi connectivity index (χ0) is 32.9. The third kappa shape index (κ3) is 33.8. The molecule has 2 unspecified atom stereocenters. The second-order valence-corrected chi connectivity index (χ2v) is 13.3. The third-order valence-electron chi connectivity index (χ3n) is 8.85. The van der Waals surface area contributed by atoms with E-state index in [2.05, 4.69) is 43.5 Å². The highest BCUT2D eigenvalue weighted by molar-refractivity contribution is 5.76. The highest BCUT2D eigenvalue weighted by Gasteiger charge is 2.17. The van der Waals surface area contributed by atoms with E-state index in [1.54, 1.807) is 6.08 Å². The minimum Gasteiger partial charge on any atom is -0.394 e. The van der Waals surface area contributed by atoms with Crippen LogP contribution in [-0.2, 0) is 4.79 Å². The molecule has 2 atom stereocenters. The Labute approximate surface area is 281 Å². The van der Waals surface area contributed by atoms with Gasteiger partial charge in [-0.05, 0) is 44.9 Å². The smallest absolute Gasteiger partial charge is 0.220 e. The molecule has 3 N–H and O–H groups in total. The molecular weight excluding hydrogens is 554 g/mol. The lowest BCUT2D eigenvalue weighted by atomic mass is 10.0. The summed E-state index contributed by atoms with van der Waals surface area (Å²) in [7, 11) is 0. The summed E-state index contributed by atoms with van der Waals surface area (Å²) >= 11 is 0. The van der Waals surface area contributed by atoms with Crippen LogP contribution in [0.15, 0.2) is 36.5 Å². The average molecular weight is 632 g/mol. The number of rotatable bonds is 35. The number of aliphatic hydroxyl groups excluding tert-OH is 2. The molecule has 0 aromatic carbocycles. The topological polar surface area (TPSA) is 69.6 Å². The molecule has 0 saturated heterocycles. The molecule has 0 aromatic heterocycles. The van der Waals surface area contributed by atoms with Crippen molar-refractivity contribution in [1.29, 1.82) is 0 Å². The minimum absolute atomic E-state index is 0.0787. The molecule has 0 aromatic rings. The second kappa shape index (κ2) is 37.1. The standard InChI is InChI=1S/C41H77NO3/c1-3-5-7-9-11-13-15-17-18-19-20-21-22-23-25-26-28-30-32-34-36-40(44)39(38-43)42-41(45)37-35-33-31-29-27-24-16-14-12-10-8-6-4-2/h21-22,26,28,34,36,39-40,43-44H,3-20,23-25,27,29-33,35,37-38H2,1-2H3,(H,42,45)/b22-21+,28-26+,36-34+. The SMILES string of the molecule is CCCCCCCCCCCC/C=C/CC/C=C/CC/C=C/C(O)C(CO)NC(=O)CCCCCCCCCCCCCCC. The molecule has 0 aliphatic carbocycles. The Hall–Kier alpha value is -1.39. The molecule has 45 heavy (non-hydrogen) atoms. The van der Waals surface area contributed by atoms with Crippen molar-refractivity contribution in [2.45, 2.75) is 212 Å². The van der Waals surface area contributed by atoms with Crippen molar-refractivity contribution in [2.75, 3.05) is 6.61 Å². The lowest BCUT2D eigenvalue weighted by Crippen LogP contribution is -2.45. The van der Waals surface area contributed by atoms with E-state index in [1.165, 1.54) is 141 Å². The lowest BCUT2D eigenvalue weighted by Gasteiger charge is -2.19. The maximum absolute atomic E-state index is 12.3. The van der Waals surface area contributed by atoms with Crippen LogP contribution in [0.1, 0.15) is 200 Å². The molecule has 0 bridgehead atoms. The number of hydrogen-bond acceptors (Lipinski definition) is 3. The van der Waals surface area contributed by atoms with Gasteiger partial charge in [0.05, 0.1) is 18.8 Å². The molecule has 0 radical (unpaired) electrons.